The molecule has 0 aliphatic rings. The van der Waals surface area contributed by atoms with Crippen LogP contribution in [0.2, 0.25) is 0 Å². The van der Waals surface area contributed by atoms with Gasteiger partial charge in [0.15, 0.2) is 0 Å². The smallest absolute Gasteiger partial charge is 0.236 e. The van der Waals surface area contributed by atoms with Crippen molar-refractivity contribution in [1.29, 1.82) is 0 Å². The first kappa shape index (κ1) is 13.6. The van der Waals surface area contributed by atoms with E-state index in [-0.39, 0.29) is 5.91 Å². The molecule has 0 heterocycles. The fourth-order valence-corrected chi connectivity index (χ4v) is 1.39. The minimum absolute atomic E-state index is 0.135. The molecule has 0 aromatic carbocycles. The topological polar surface area (TPSA) is 72.2 Å². The molecule has 4 nitrogen and oxygen atoms in total. The molecule has 84 valence electrons. The van der Waals surface area contributed by atoms with Crippen LogP contribution in [0.3, 0.4) is 0 Å². The second-order valence-electron chi connectivity index (χ2n) is 3.32. The van der Waals surface area contributed by atoms with Crippen molar-refractivity contribution in [2.45, 2.75) is 32.2 Å². The summed E-state index contributed by atoms with van der Waals surface area (Å²) in [5.41, 5.74) is 5.63. The Hall–Kier alpha value is -0.420. The van der Waals surface area contributed by atoms with E-state index in [1.807, 2.05) is 0 Å². The quantitative estimate of drug-likeness (QED) is 0.634. The van der Waals surface area contributed by atoms with E-state index in [0.29, 0.717) is 12.3 Å². The lowest BCUT2D eigenvalue weighted by Crippen LogP contribution is -2.41. The largest absolute Gasteiger partial charge is 0.354 e. The van der Waals surface area contributed by atoms with Crippen molar-refractivity contribution in [2.24, 2.45) is 5.73 Å². The molecule has 0 aliphatic carbocycles. The van der Waals surface area contributed by atoms with Gasteiger partial charge in [-0.25, -0.2) is 0 Å². The van der Waals surface area contributed by atoms with Gasteiger partial charge in [-0.15, -0.1) is 0 Å². The molecular weight excluding hydrogens is 200 g/mol. The average molecular weight is 220 g/mol. The van der Waals surface area contributed by atoms with Crippen molar-refractivity contribution in [3.8, 4) is 0 Å². The van der Waals surface area contributed by atoms with Crippen LogP contribution in [0.25, 0.3) is 0 Å². The van der Waals surface area contributed by atoms with Crippen LogP contribution < -0.4 is 11.1 Å². The van der Waals surface area contributed by atoms with Crippen LogP contribution in [0, 0.1) is 0 Å². The molecule has 0 rings (SSSR count). The lowest BCUT2D eigenvalue weighted by atomic mass is 10.1. The van der Waals surface area contributed by atoms with Crippen LogP contribution in [-0.2, 0) is 15.6 Å². The van der Waals surface area contributed by atoms with Gasteiger partial charge in [-0.2, -0.15) is 0 Å². The van der Waals surface area contributed by atoms with Crippen LogP contribution in [0.15, 0.2) is 0 Å². The van der Waals surface area contributed by atoms with E-state index in [0.717, 1.165) is 19.3 Å². The normalized spacial score (nSPS) is 14.8. The molecule has 2 atom stereocenters. The molecule has 1 unspecified atom stereocenters. The standard InChI is InChI=1S/C9H20N2O2S/c1-3-4-5-8(10)9(12)11-6-7-14(2)13/h8H,3-7,10H2,1-2H3,(H,11,12)/t8-,14?/m0/s1. The number of nitrogens with one attached hydrogen (secondary N) is 1. The van der Waals surface area contributed by atoms with Crippen molar-refractivity contribution in [3.05, 3.63) is 0 Å². The Kier molecular flexibility index (Phi) is 7.70. The van der Waals surface area contributed by atoms with Gasteiger partial charge in [-0.1, -0.05) is 19.8 Å². The molecule has 0 saturated carbocycles. The predicted molar refractivity (Wildman–Crippen MR) is 59.4 cm³/mol. The second kappa shape index (κ2) is 7.94. The highest BCUT2D eigenvalue weighted by molar-refractivity contribution is 7.84. The highest BCUT2D eigenvalue weighted by Crippen LogP contribution is 1.97. The Morgan fingerprint density at radius 1 is 1.57 bits per heavy atom. The predicted octanol–water partition coefficient (Wildman–Crippen LogP) is -0.00140. The van der Waals surface area contributed by atoms with Gasteiger partial charge < -0.3 is 11.1 Å². The minimum Gasteiger partial charge on any atom is -0.354 e. The number of nitrogens with two attached hydrogens (primary N) is 1. The lowest BCUT2D eigenvalue weighted by molar-refractivity contribution is -0.122. The molecule has 0 aromatic heterocycles. The summed E-state index contributed by atoms with van der Waals surface area (Å²) in [5.74, 6) is 0.357. The summed E-state index contributed by atoms with van der Waals surface area (Å²) < 4.78 is 10.7. The van der Waals surface area contributed by atoms with E-state index in [1.165, 1.54) is 0 Å². The second-order valence-corrected chi connectivity index (χ2v) is 4.87. The van der Waals surface area contributed by atoms with Gasteiger partial charge in [0, 0.05) is 29.4 Å². The molecule has 0 fully saturated rings. The molecule has 1 amide bonds. The number of carbonyl (C=O) groups excluding carboxylic acids is 1. The third kappa shape index (κ3) is 7.03. The van der Waals surface area contributed by atoms with Crippen LogP contribution in [-0.4, -0.2) is 34.7 Å². The van der Waals surface area contributed by atoms with E-state index in [2.05, 4.69) is 12.2 Å². The zero-order valence-electron chi connectivity index (χ0n) is 8.91. The first-order valence-electron chi connectivity index (χ1n) is 4.91. The van der Waals surface area contributed by atoms with Crippen molar-refractivity contribution < 1.29 is 9.00 Å². The van der Waals surface area contributed by atoms with Gasteiger partial charge in [0.1, 0.15) is 0 Å². The molecule has 0 spiro atoms. The van der Waals surface area contributed by atoms with E-state index >= 15 is 0 Å². The Morgan fingerprint density at radius 2 is 2.21 bits per heavy atom. The van der Waals surface area contributed by atoms with Crippen molar-refractivity contribution in [1.82, 2.24) is 5.32 Å². The Morgan fingerprint density at radius 3 is 2.71 bits per heavy atom. The molecule has 0 aromatic rings. The zero-order valence-corrected chi connectivity index (χ0v) is 9.73. The minimum atomic E-state index is -0.856. The summed E-state index contributed by atoms with van der Waals surface area (Å²) in [7, 11) is -0.856. The number of hydrogen-bond acceptors (Lipinski definition) is 3. The molecule has 0 bridgehead atoms. The Bertz CT molecular complexity index is 197. The highest BCUT2D eigenvalue weighted by Gasteiger charge is 2.11. The van der Waals surface area contributed by atoms with E-state index in [1.54, 1.807) is 6.26 Å². The Balaban J connectivity index is 3.56. The number of carbonyl (C=O) groups is 1. The summed E-state index contributed by atoms with van der Waals surface area (Å²) in [6.45, 7) is 2.51. The van der Waals surface area contributed by atoms with Crippen LogP contribution in [0.5, 0.6) is 0 Å². The van der Waals surface area contributed by atoms with Gasteiger partial charge in [0.05, 0.1) is 6.04 Å². The lowest BCUT2D eigenvalue weighted by Gasteiger charge is -2.10. The average Bonchev–Trinajstić information content (AvgIpc) is 2.13. The zero-order chi connectivity index (χ0) is 11.0. The number of unbranched alkanes of at least 4 members (excludes halogenated alkanes) is 1. The summed E-state index contributed by atoms with van der Waals surface area (Å²) in [4.78, 5) is 11.3. The van der Waals surface area contributed by atoms with Crippen LogP contribution in [0.1, 0.15) is 26.2 Å². The Labute approximate surface area is 88.1 Å². The van der Waals surface area contributed by atoms with Crippen molar-refractivity contribution in [2.75, 3.05) is 18.6 Å². The summed E-state index contributed by atoms with van der Waals surface area (Å²) in [5, 5.41) is 2.67. The van der Waals surface area contributed by atoms with Crippen molar-refractivity contribution >= 4 is 16.7 Å². The first-order chi connectivity index (χ1) is 6.57. The molecule has 5 heteroatoms. The third-order valence-electron chi connectivity index (χ3n) is 1.89. The van der Waals surface area contributed by atoms with Gasteiger partial charge in [-0.05, 0) is 6.42 Å². The van der Waals surface area contributed by atoms with Gasteiger partial charge in [0.25, 0.3) is 0 Å². The van der Waals surface area contributed by atoms with Crippen LogP contribution in [0.4, 0.5) is 0 Å². The first-order valence-corrected chi connectivity index (χ1v) is 6.64. The van der Waals surface area contributed by atoms with Gasteiger partial charge in [0.2, 0.25) is 5.91 Å². The van der Waals surface area contributed by atoms with E-state index in [4.69, 9.17) is 5.73 Å². The summed E-state index contributed by atoms with van der Waals surface area (Å²) in [6.07, 6.45) is 4.34. The maximum Gasteiger partial charge on any atom is 0.236 e. The van der Waals surface area contributed by atoms with Crippen molar-refractivity contribution in [3.63, 3.8) is 0 Å². The molecular formula is C9H20N2O2S. The third-order valence-corrected chi connectivity index (χ3v) is 2.67. The fourth-order valence-electron chi connectivity index (χ4n) is 1.00. The fraction of sp³-hybridized carbons (Fsp3) is 0.889. The SMILES string of the molecule is CCCC[C@H](N)C(=O)NCCS(C)=O. The number of amides is 1. The monoisotopic (exact) mass is 220 g/mol. The van der Waals surface area contributed by atoms with Gasteiger partial charge in [-0.3, -0.25) is 9.00 Å². The summed E-state index contributed by atoms with van der Waals surface area (Å²) >= 11 is 0. The number of rotatable bonds is 7. The maximum absolute atomic E-state index is 11.3. The van der Waals surface area contributed by atoms with E-state index < -0.39 is 16.8 Å². The van der Waals surface area contributed by atoms with Crippen LogP contribution >= 0.6 is 0 Å². The maximum atomic E-state index is 11.3. The molecule has 0 saturated heterocycles. The van der Waals surface area contributed by atoms with Gasteiger partial charge >= 0.3 is 0 Å². The molecule has 0 aliphatic heterocycles. The molecule has 14 heavy (non-hydrogen) atoms. The summed E-state index contributed by atoms with van der Waals surface area (Å²) in [6, 6.07) is -0.416. The molecule has 3 N–H and O–H groups in total. The molecule has 0 radical (unpaired) electrons. The van der Waals surface area contributed by atoms with E-state index in [9.17, 15) is 9.00 Å². The number of hydrogen-bond donors (Lipinski definition) is 2. The highest BCUT2D eigenvalue weighted by atomic mass is 32.2.